The van der Waals surface area contributed by atoms with Crippen LogP contribution in [0.2, 0.25) is 0 Å². The second-order valence-corrected chi connectivity index (χ2v) is 6.68. The summed E-state index contributed by atoms with van der Waals surface area (Å²) < 4.78 is 5.51. The second-order valence-electron chi connectivity index (χ2n) is 4.61. The van der Waals surface area contributed by atoms with Crippen molar-refractivity contribution in [1.29, 1.82) is 0 Å². The van der Waals surface area contributed by atoms with Crippen LogP contribution in [0.15, 0.2) is 18.2 Å². The van der Waals surface area contributed by atoms with Crippen LogP contribution >= 0.6 is 22.7 Å². The highest BCUT2D eigenvalue weighted by Gasteiger charge is 2.17. The normalized spacial score (nSPS) is 10.7. The first-order valence-electron chi connectivity index (χ1n) is 6.51. The lowest BCUT2D eigenvalue weighted by Crippen LogP contribution is -2.11. The van der Waals surface area contributed by atoms with Crippen LogP contribution in [0.5, 0.6) is 0 Å². The molecule has 9 heteroatoms. The Morgan fingerprint density at radius 1 is 1.26 bits per heavy atom. The molecule has 3 rings (SSSR count). The molecule has 0 spiro atoms. The molecule has 7 nitrogen and oxygen atoms in total. The van der Waals surface area contributed by atoms with Crippen molar-refractivity contribution in [3.63, 3.8) is 0 Å². The highest BCUT2D eigenvalue weighted by molar-refractivity contribution is 7.22. The summed E-state index contributed by atoms with van der Waals surface area (Å²) in [6.45, 7) is 1.69. The number of hydrogen-bond acceptors (Lipinski definition) is 8. The standard InChI is InChI=1S/C14H12N4O3S2/c1-6-10(12(20)21-2)23-14(16-6)18-11(19)7-3-4-8-9(5-7)22-13(15)17-8/h3-5H,1-2H3,(H2,15,17)(H,16,18,19). The number of esters is 1. The summed E-state index contributed by atoms with van der Waals surface area (Å²) in [5.74, 6) is -0.786. The number of nitrogens with zero attached hydrogens (tertiary/aromatic N) is 2. The van der Waals surface area contributed by atoms with Crippen molar-refractivity contribution in [2.24, 2.45) is 0 Å². The van der Waals surface area contributed by atoms with Crippen LogP contribution in [0.1, 0.15) is 25.7 Å². The lowest BCUT2D eigenvalue weighted by Gasteiger charge is -2.01. The SMILES string of the molecule is COC(=O)c1sc(NC(=O)c2ccc3nc(N)sc3c2)nc1C. The van der Waals surface area contributed by atoms with E-state index in [9.17, 15) is 9.59 Å². The molecule has 2 aromatic heterocycles. The molecule has 0 aliphatic heterocycles. The number of carbonyl (C=O) groups excluding carboxylic acids is 2. The molecular weight excluding hydrogens is 336 g/mol. The number of nitrogens with two attached hydrogens (primary N) is 1. The van der Waals surface area contributed by atoms with E-state index < -0.39 is 5.97 Å². The summed E-state index contributed by atoms with van der Waals surface area (Å²) in [7, 11) is 1.30. The van der Waals surface area contributed by atoms with E-state index in [1.54, 1.807) is 25.1 Å². The number of nitrogen functional groups attached to an aromatic ring is 1. The monoisotopic (exact) mass is 348 g/mol. The fourth-order valence-corrected chi connectivity index (χ4v) is 3.64. The number of thiazole rings is 2. The number of nitrogens with one attached hydrogen (secondary N) is 1. The Morgan fingerprint density at radius 2 is 2.04 bits per heavy atom. The number of aromatic nitrogens is 2. The van der Waals surface area contributed by atoms with Crippen molar-refractivity contribution < 1.29 is 14.3 Å². The van der Waals surface area contributed by atoms with Gasteiger partial charge >= 0.3 is 5.97 Å². The Kier molecular flexibility index (Phi) is 3.97. The van der Waals surface area contributed by atoms with Gasteiger partial charge in [0, 0.05) is 5.56 Å². The number of amides is 1. The zero-order valence-electron chi connectivity index (χ0n) is 12.2. The highest BCUT2D eigenvalue weighted by atomic mass is 32.1. The van der Waals surface area contributed by atoms with Gasteiger partial charge in [0.05, 0.1) is 23.0 Å². The molecule has 0 saturated heterocycles. The van der Waals surface area contributed by atoms with Crippen LogP contribution < -0.4 is 11.1 Å². The molecule has 0 fully saturated rings. The van der Waals surface area contributed by atoms with Gasteiger partial charge in [-0.25, -0.2) is 14.8 Å². The Labute approximate surface area is 139 Å². The first-order valence-corrected chi connectivity index (χ1v) is 8.14. The fraction of sp³-hybridized carbons (Fsp3) is 0.143. The topological polar surface area (TPSA) is 107 Å². The van der Waals surface area contributed by atoms with Gasteiger partial charge < -0.3 is 10.5 Å². The first-order chi connectivity index (χ1) is 11.0. The lowest BCUT2D eigenvalue weighted by molar-refractivity contribution is 0.0605. The summed E-state index contributed by atoms with van der Waals surface area (Å²) in [6.07, 6.45) is 0. The summed E-state index contributed by atoms with van der Waals surface area (Å²) in [6, 6.07) is 5.13. The van der Waals surface area contributed by atoms with Gasteiger partial charge in [-0.3, -0.25) is 10.1 Å². The minimum absolute atomic E-state index is 0.316. The van der Waals surface area contributed by atoms with Crippen molar-refractivity contribution in [1.82, 2.24) is 9.97 Å². The maximum absolute atomic E-state index is 12.3. The predicted molar refractivity (Wildman–Crippen MR) is 90.2 cm³/mol. The third-order valence-corrected chi connectivity index (χ3v) is 4.96. The van der Waals surface area contributed by atoms with Crippen molar-refractivity contribution in [2.75, 3.05) is 18.2 Å². The molecular formula is C14H12N4O3S2. The molecule has 1 amide bonds. The van der Waals surface area contributed by atoms with Crippen molar-refractivity contribution >= 4 is 55.0 Å². The largest absolute Gasteiger partial charge is 0.465 e. The van der Waals surface area contributed by atoms with Crippen LogP contribution in [0.3, 0.4) is 0 Å². The number of methoxy groups -OCH3 is 1. The predicted octanol–water partition coefficient (Wildman–Crippen LogP) is 2.68. The van der Waals surface area contributed by atoms with Crippen molar-refractivity contribution in [2.45, 2.75) is 6.92 Å². The number of fused-ring (bicyclic) bond motifs is 1. The number of ether oxygens (including phenoxy) is 1. The minimum atomic E-state index is -0.470. The Balaban J connectivity index is 1.84. The molecule has 0 atom stereocenters. The highest BCUT2D eigenvalue weighted by Crippen LogP contribution is 2.26. The molecule has 0 unspecified atom stereocenters. The molecule has 3 aromatic rings. The lowest BCUT2D eigenvalue weighted by atomic mass is 10.2. The van der Waals surface area contributed by atoms with E-state index >= 15 is 0 Å². The molecule has 0 saturated carbocycles. The maximum Gasteiger partial charge on any atom is 0.350 e. The van der Waals surface area contributed by atoms with E-state index in [4.69, 9.17) is 5.73 Å². The van der Waals surface area contributed by atoms with Crippen LogP contribution in [-0.2, 0) is 4.74 Å². The van der Waals surface area contributed by atoms with Gasteiger partial charge in [-0.2, -0.15) is 0 Å². The summed E-state index contributed by atoms with van der Waals surface area (Å²) in [5.41, 5.74) is 7.39. The number of anilines is 2. The molecule has 3 N–H and O–H groups in total. The van der Waals surface area contributed by atoms with Crippen molar-refractivity contribution in [3.05, 3.63) is 34.3 Å². The number of rotatable bonds is 3. The van der Waals surface area contributed by atoms with Gasteiger partial charge in [0.25, 0.3) is 5.91 Å². The quantitative estimate of drug-likeness (QED) is 0.705. The summed E-state index contributed by atoms with van der Waals surface area (Å²) in [5, 5.41) is 3.48. The van der Waals surface area contributed by atoms with E-state index in [0.29, 0.717) is 26.4 Å². The van der Waals surface area contributed by atoms with E-state index in [0.717, 1.165) is 21.6 Å². The number of benzene rings is 1. The van der Waals surface area contributed by atoms with E-state index in [2.05, 4.69) is 20.0 Å². The molecule has 0 aliphatic carbocycles. The van der Waals surface area contributed by atoms with Gasteiger partial charge in [-0.1, -0.05) is 22.7 Å². The molecule has 1 aromatic carbocycles. The summed E-state index contributed by atoms with van der Waals surface area (Å²) >= 11 is 2.39. The van der Waals surface area contributed by atoms with Gasteiger partial charge in [0.15, 0.2) is 10.3 Å². The Hall–Kier alpha value is -2.52. The zero-order chi connectivity index (χ0) is 16.6. The van der Waals surface area contributed by atoms with Crippen LogP contribution in [0, 0.1) is 6.92 Å². The zero-order valence-corrected chi connectivity index (χ0v) is 13.9. The van der Waals surface area contributed by atoms with Gasteiger partial charge in [-0.15, -0.1) is 0 Å². The average molecular weight is 348 g/mol. The maximum atomic E-state index is 12.3. The summed E-state index contributed by atoms with van der Waals surface area (Å²) in [4.78, 5) is 32.6. The second kappa shape index (κ2) is 5.94. The number of aryl methyl sites for hydroxylation is 1. The third kappa shape index (κ3) is 3.01. The van der Waals surface area contributed by atoms with E-state index in [-0.39, 0.29) is 5.91 Å². The van der Waals surface area contributed by atoms with Crippen LogP contribution in [0.4, 0.5) is 10.3 Å². The van der Waals surface area contributed by atoms with Gasteiger partial charge in [0.1, 0.15) is 4.88 Å². The Morgan fingerprint density at radius 3 is 2.78 bits per heavy atom. The molecule has 2 heterocycles. The van der Waals surface area contributed by atoms with E-state index in [1.165, 1.54) is 18.4 Å². The smallest absolute Gasteiger partial charge is 0.350 e. The number of carbonyl (C=O) groups is 2. The third-order valence-electron chi connectivity index (χ3n) is 3.06. The van der Waals surface area contributed by atoms with Crippen LogP contribution in [0.25, 0.3) is 10.2 Å². The number of hydrogen-bond donors (Lipinski definition) is 2. The fourth-order valence-electron chi connectivity index (χ4n) is 1.98. The van der Waals surface area contributed by atoms with E-state index in [1.807, 2.05) is 0 Å². The Bertz CT molecular complexity index is 916. The molecule has 0 aliphatic rings. The minimum Gasteiger partial charge on any atom is -0.465 e. The first kappa shape index (κ1) is 15.4. The van der Waals surface area contributed by atoms with Gasteiger partial charge in [0.2, 0.25) is 0 Å². The molecule has 23 heavy (non-hydrogen) atoms. The van der Waals surface area contributed by atoms with Gasteiger partial charge in [-0.05, 0) is 25.1 Å². The van der Waals surface area contributed by atoms with Crippen molar-refractivity contribution in [3.8, 4) is 0 Å². The van der Waals surface area contributed by atoms with Crippen LogP contribution in [-0.4, -0.2) is 29.0 Å². The molecule has 118 valence electrons. The molecule has 0 radical (unpaired) electrons. The average Bonchev–Trinajstić information content (AvgIpc) is 3.07. The molecule has 0 bridgehead atoms.